The van der Waals surface area contributed by atoms with Crippen molar-refractivity contribution in [2.45, 2.75) is 26.3 Å². The van der Waals surface area contributed by atoms with Crippen LogP contribution >= 0.6 is 11.6 Å². The number of hydrogen-bond acceptors (Lipinski definition) is 3. The van der Waals surface area contributed by atoms with E-state index in [0.29, 0.717) is 11.6 Å². The maximum atomic E-state index is 6.00. The number of aromatic nitrogens is 1. The predicted molar refractivity (Wildman–Crippen MR) is 67.7 cm³/mol. The zero-order valence-electron chi connectivity index (χ0n) is 9.62. The van der Waals surface area contributed by atoms with Crippen molar-refractivity contribution in [3.8, 4) is 0 Å². The lowest BCUT2D eigenvalue weighted by molar-refractivity contribution is 0.729. The molecule has 1 heterocycles. The molecule has 0 unspecified atom stereocenters. The Balaban J connectivity index is 2.16. The highest BCUT2D eigenvalue weighted by atomic mass is 35.5. The lowest BCUT2D eigenvalue weighted by atomic mass is 10.3. The summed E-state index contributed by atoms with van der Waals surface area (Å²) in [4.78, 5) is 6.81. The molecule has 0 atom stereocenters. The number of anilines is 1. The number of halogens is 1. The topological polar surface area (TPSA) is 42.1 Å². The fourth-order valence-electron chi connectivity index (χ4n) is 1.79. The summed E-state index contributed by atoms with van der Waals surface area (Å²) in [6.45, 7) is 4.64. The van der Waals surface area contributed by atoms with E-state index < -0.39 is 0 Å². The fourth-order valence-corrected chi connectivity index (χ4v) is 1.97. The second-order valence-corrected chi connectivity index (χ2v) is 4.69. The molecule has 0 radical (unpaired) electrons. The molecule has 0 amide bonds. The number of nitrogens with two attached hydrogens (primary N) is 1. The van der Waals surface area contributed by atoms with Crippen molar-refractivity contribution in [1.82, 2.24) is 4.98 Å². The van der Waals surface area contributed by atoms with E-state index in [9.17, 15) is 0 Å². The number of nitrogens with zero attached hydrogens (tertiary/aromatic N) is 2. The molecule has 1 aliphatic rings. The van der Waals surface area contributed by atoms with Crippen molar-refractivity contribution >= 4 is 17.4 Å². The van der Waals surface area contributed by atoms with E-state index in [1.165, 1.54) is 12.8 Å². The Kier molecular flexibility index (Phi) is 3.66. The van der Waals surface area contributed by atoms with Crippen LogP contribution in [0.4, 0.5) is 5.82 Å². The lowest BCUT2D eigenvalue weighted by Gasteiger charge is -2.22. The molecule has 2 N–H and O–H groups in total. The first-order chi connectivity index (χ1) is 7.74. The summed E-state index contributed by atoms with van der Waals surface area (Å²) in [6, 6.07) is 3.87. The molecule has 3 nitrogen and oxygen atoms in total. The molecular formula is C12H18ClN3. The van der Waals surface area contributed by atoms with Gasteiger partial charge in [0.25, 0.3) is 0 Å². The smallest absolute Gasteiger partial charge is 0.128 e. The third-order valence-electron chi connectivity index (χ3n) is 2.98. The summed E-state index contributed by atoms with van der Waals surface area (Å²) in [6.07, 6.45) is 2.71. The highest BCUT2D eigenvalue weighted by molar-refractivity contribution is 6.31. The average molecular weight is 240 g/mol. The molecular weight excluding hydrogens is 222 g/mol. The summed E-state index contributed by atoms with van der Waals surface area (Å²) in [5, 5.41) is 0.661. The van der Waals surface area contributed by atoms with Crippen LogP contribution in [0.1, 0.15) is 25.5 Å². The summed E-state index contributed by atoms with van der Waals surface area (Å²) in [7, 11) is 0. The van der Waals surface area contributed by atoms with E-state index in [0.717, 1.165) is 30.5 Å². The molecule has 1 fully saturated rings. The van der Waals surface area contributed by atoms with Crippen molar-refractivity contribution in [2.75, 3.05) is 18.0 Å². The fraction of sp³-hybridized carbons (Fsp3) is 0.583. The van der Waals surface area contributed by atoms with Crippen molar-refractivity contribution in [3.05, 3.63) is 22.8 Å². The SMILES string of the molecule is CCN(CC1CC1)c1ccc(Cl)c(CN)n1. The van der Waals surface area contributed by atoms with Gasteiger partial charge in [0.1, 0.15) is 5.82 Å². The number of pyridine rings is 1. The quantitative estimate of drug-likeness (QED) is 0.858. The van der Waals surface area contributed by atoms with Gasteiger partial charge in [0.05, 0.1) is 10.7 Å². The molecule has 1 aromatic heterocycles. The first kappa shape index (κ1) is 11.7. The van der Waals surface area contributed by atoms with Gasteiger partial charge in [0.2, 0.25) is 0 Å². The molecule has 1 aliphatic carbocycles. The minimum Gasteiger partial charge on any atom is -0.357 e. The third kappa shape index (κ3) is 2.66. The van der Waals surface area contributed by atoms with Crippen LogP contribution in [0.5, 0.6) is 0 Å². The van der Waals surface area contributed by atoms with Gasteiger partial charge in [-0.15, -0.1) is 0 Å². The van der Waals surface area contributed by atoms with Crippen LogP contribution in [0.3, 0.4) is 0 Å². The van der Waals surface area contributed by atoms with Crippen molar-refractivity contribution in [3.63, 3.8) is 0 Å². The number of rotatable bonds is 5. The highest BCUT2D eigenvalue weighted by Crippen LogP contribution is 2.31. The molecule has 16 heavy (non-hydrogen) atoms. The van der Waals surface area contributed by atoms with Crippen LogP contribution in [0, 0.1) is 5.92 Å². The third-order valence-corrected chi connectivity index (χ3v) is 3.32. The van der Waals surface area contributed by atoms with Gasteiger partial charge in [-0.3, -0.25) is 0 Å². The Morgan fingerprint density at radius 3 is 2.81 bits per heavy atom. The Morgan fingerprint density at radius 2 is 2.25 bits per heavy atom. The van der Waals surface area contributed by atoms with Crippen molar-refractivity contribution in [2.24, 2.45) is 11.7 Å². The van der Waals surface area contributed by atoms with E-state index in [1.807, 2.05) is 12.1 Å². The van der Waals surface area contributed by atoms with Gasteiger partial charge >= 0.3 is 0 Å². The molecule has 2 rings (SSSR count). The molecule has 1 aromatic rings. The van der Waals surface area contributed by atoms with Gasteiger partial charge in [-0.25, -0.2) is 4.98 Å². The largest absolute Gasteiger partial charge is 0.357 e. The summed E-state index contributed by atoms with van der Waals surface area (Å²) in [5.41, 5.74) is 6.39. The molecule has 0 aliphatic heterocycles. The van der Waals surface area contributed by atoms with Gasteiger partial charge in [0, 0.05) is 19.6 Å². The van der Waals surface area contributed by atoms with E-state index in [-0.39, 0.29) is 0 Å². The van der Waals surface area contributed by atoms with E-state index in [2.05, 4.69) is 16.8 Å². The minimum atomic E-state index is 0.396. The zero-order chi connectivity index (χ0) is 11.5. The van der Waals surface area contributed by atoms with Crippen LogP contribution < -0.4 is 10.6 Å². The standard InChI is InChI=1S/C12H18ClN3/c1-2-16(8-9-3-4-9)12-6-5-10(13)11(7-14)15-12/h5-6,9H,2-4,7-8,14H2,1H3. The summed E-state index contributed by atoms with van der Waals surface area (Å²) in [5.74, 6) is 1.86. The van der Waals surface area contributed by atoms with Crippen LogP contribution in [0.2, 0.25) is 5.02 Å². The molecule has 0 spiro atoms. The molecule has 1 saturated carbocycles. The van der Waals surface area contributed by atoms with E-state index in [1.54, 1.807) is 0 Å². The molecule has 0 aromatic carbocycles. The molecule has 4 heteroatoms. The van der Waals surface area contributed by atoms with E-state index in [4.69, 9.17) is 17.3 Å². The molecule has 0 saturated heterocycles. The first-order valence-electron chi connectivity index (χ1n) is 5.85. The highest BCUT2D eigenvalue weighted by Gasteiger charge is 2.24. The van der Waals surface area contributed by atoms with Gasteiger partial charge in [0.15, 0.2) is 0 Å². The van der Waals surface area contributed by atoms with Gasteiger partial charge in [-0.2, -0.15) is 0 Å². The summed E-state index contributed by atoms with van der Waals surface area (Å²) < 4.78 is 0. The van der Waals surface area contributed by atoms with Crippen molar-refractivity contribution < 1.29 is 0 Å². The van der Waals surface area contributed by atoms with Crippen LogP contribution in [-0.2, 0) is 6.54 Å². The first-order valence-corrected chi connectivity index (χ1v) is 6.22. The monoisotopic (exact) mass is 239 g/mol. The minimum absolute atomic E-state index is 0.396. The summed E-state index contributed by atoms with van der Waals surface area (Å²) >= 11 is 6.00. The zero-order valence-corrected chi connectivity index (χ0v) is 10.4. The predicted octanol–water partition coefficient (Wildman–Crippen LogP) is 2.43. The van der Waals surface area contributed by atoms with Crippen LogP contribution in [0.25, 0.3) is 0 Å². The lowest BCUT2D eigenvalue weighted by Crippen LogP contribution is -2.26. The number of hydrogen-bond donors (Lipinski definition) is 1. The normalized spacial score (nSPS) is 15.2. The van der Waals surface area contributed by atoms with E-state index >= 15 is 0 Å². The maximum Gasteiger partial charge on any atom is 0.128 e. The van der Waals surface area contributed by atoms with Gasteiger partial charge in [-0.05, 0) is 37.8 Å². The Bertz CT molecular complexity index is 363. The molecule has 88 valence electrons. The Labute approximate surface area is 102 Å². The van der Waals surface area contributed by atoms with Gasteiger partial charge < -0.3 is 10.6 Å². The second-order valence-electron chi connectivity index (χ2n) is 4.28. The average Bonchev–Trinajstić information content (AvgIpc) is 3.11. The molecule has 0 bridgehead atoms. The van der Waals surface area contributed by atoms with Crippen molar-refractivity contribution in [1.29, 1.82) is 0 Å². The van der Waals surface area contributed by atoms with Gasteiger partial charge in [-0.1, -0.05) is 11.6 Å². The second kappa shape index (κ2) is 5.02. The van der Waals surface area contributed by atoms with Crippen LogP contribution in [0.15, 0.2) is 12.1 Å². The maximum absolute atomic E-state index is 6.00. The Hall–Kier alpha value is -0.800. The Morgan fingerprint density at radius 1 is 1.50 bits per heavy atom. The van der Waals surface area contributed by atoms with Crippen LogP contribution in [-0.4, -0.2) is 18.1 Å².